The van der Waals surface area contributed by atoms with Crippen molar-refractivity contribution in [1.82, 2.24) is 19.8 Å². The lowest BCUT2D eigenvalue weighted by atomic mass is 9.93. The van der Waals surface area contributed by atoms with Gasteiger partial charge in [0.2, 0.25) is 5.95 Å². The summed E-state index contributed by atoms with van der Waals surface area (Å²) in [6.45, 7) is 8.53. The topological polar surface area (TPSA) is 88.1 Å². The van der Waals surface area contributed by atoms with Crippen molar-refractivity contribution in [2.24, 2.45) is 0 Å². The SMILES string of the molecule is CC(C)(C)OC(=O)N1C[C@H]2CC[C@@H](C1)N2c1nccc(C2CCN(C(=O)OCc3ccccc3)CC2)n1. The van der Waals surface area contributed by atoms with Crippen LogP contribution in [0.2, 0.25) is 0 Å². The monoisotopic (exact) mass is 507 g/mol. The highest BCUT2D eigenvalue weighted by Gasteiger charge is 2.43. The lowest BCUT2D eigenvalue weighted by Crippen LogP contribution is -2.56. The van der Waals surface area contributed by atoms with Crippen LogP contribution >= 0.6 is 0 Å². The van der Waals surface area contributed by atoms with Gasteiger partial charge in [-0.25, -0.2) is 19.6 Å². The summed E-state index contributed by atoms with van der Waals surface area (Å²) in [6, 6.07) is 12.1. The van der Waals surface area contributed by atoms with Crippen LogP contribution in [0.1, 0.15) is 63.6 Å². The summed E-state index contributed by atoms with van der Waals surface area (Å²) in [7, 11) is 0. The van der Waals surface area contributed by atoms with Crippen molar-refractivity contribution in [3.05, 3.63) is 53.9 Å². The van der Waals surface area contributed by atoms with Crippen LogP contribution in [-0.4, -0.2) is 75.8 Å². The summed E-state index contributed by atoms with van der Waals surface area (Å²) in [6.07, 6.45) is 5.06. The Morgan fingerprint density at radius 1 is 0.919 bits per heavy atom. The van der Waals surface area contributed by atoms with Gasteiger partial charge in [0.15, 0.2) is 0 Å². The zero-order valence-corrected chi connectivity index (χ0v) is 22.0. The van der Waals surface area contributed by atoms with Gasteiger partial charge in [0.25, 0.3) is 0 Å². The summed E-state index contributed by atoms with van der Waals surface area (Å²) in [5, 5.41) is 0. The van der Waals surface area contributed by atoms with Gasteiger partial charge in [0, 0.05) is 44.0 Å². The summed E-state index contributed by atoms with van der Waals surface area (Å²) < 4.78 is 11.1. The number of hydrogen-bond donors (Lipinski definition) is 0. The van der Waals surface area contributed by atoms with E-state index in [-0.39, 0.29) is 30.2 Å². The van der Waals surface area contributed by atoms with Crippen LogP contribution < -0.4 is 4.90 Å². The maximum absolute atomic E-state index is 12.6. The summed E-state index contributed by atoms with van der Waals surface area (Å²) in [5.74, 6) is 1.03. The average molecular weight is 508 g/mol. The molecular formula is C28H37N5O4. The Bertz CT molecular complexity index is 1080. The van der Waals surface area contributed by atoms with E-state index < -0.39 is 5.60 Å². The third kappa shape index (κ3) is 5.97. The number of fused-ring (bicyclic) bond motifs is 2. The molecule has 2 atom stereocenters. The Labute approximate surface area is 218 Å². The largest absolute Gasteiger partial charge is 0.445 e. The first kappa shape index (κ1) is 25.3. The molecule has 37 heavy (non-hydrogen) atoms. The van der Waals surface area contributed by atoms with E-state index in [9.17, 15) is 9.59 Å². The molecule has 2 aromatic rings. The molecule has 0 saturated carbocycles. The molecule has 3 aliphatic heterocycles. The molecule has 2 amide bonds. The summed E-state index contributed by atoms with van der Waals surface area (Å²) >= 11 is 0. The first-order valence-electron chi connectivity index (χ1n) is 13.3. The van der Waals surface area contributed by atoms with E-state index in [2.05, 4.69) is 9.88 Å². The maximum atomic E-state index is 12.6. The Kier molecular flexibility index (Phi) is 7.22. The number of amides is 2. The summed E-state index contributed by atoms with van der Waals surface area (Å²) in [4.78, 5) is 40.7. The number of ether oxygens (including phenoxy) is 2. The molecule has 1 aromatic carbocycles. The quantitative estimate of drug-likeness (QED) is 0.598. The molecule has 2 bridgehead atoms. The number of nitrogens with zero attached hydrogens (tertiary/aromatic N) is 5. The molecule has 1 aromatic heterocycles. The van der Waals surface area contributed by atoms with Gasteiger partial charge in [-0.05, 0) is 58.1 Å². The molecule has 0 radical (unpaired) electrons. The molecule has 0 N–H and O–H groups in total. The van der Waals surface area contributed by atoms with Crippen molar-refractivity contribution in [2.45, 2.75) is 76.7 Å². The van der Waals surface area contributed by atoms with Crippen LogP contribution in [0.15, 0.2) is 42.6 Å². The molecule has 4 heterocycles. The van der Waals surface area contributed by atoms with Crippen LogP contribution in [-0.2, 0) is 16.1 Å². The molecule has 0 unspecified atom stereocenters. The molecule has 198 valence electrons. The number of piperazine rings is 1. The minimum absolute atomic E-state index is 0.197. The number of piperidine rings is 1. The van der Waals surface area contributed by atoms with Crippen molar-refractivity contribution in [3.63, 3.8) is 0 Å². The summed E-state index contributed by atoms with van der Waals surface area (Å²) in [5.41, 5.74) is 1.51. The number of carbonyl (C=O) groups is 2. The van der Waals surface area contributed by atoms with E-state index in [1.807, 2.05) is 68.3 Å². The second-order valence-corrected chi connectivity index (χ2v) is 11.3. The molecule has 9 heteroatoms. The molecular weight excluding hydrogens is 470 g/mol. The number of hydrogen-bond acceptors (Lipinski definition) is 7. The van der Waals surface area contributed by atoms with Crippen LogP contribution in [0.3, 0.4) is 0 Å². The number of rotatable bonds is 4. The smallest absolute Gasteiger partial charge is 0.410 e. The van der Waals surface area contributed by atoms with Crippen LogP contribution in [0, 0.1) is 0 Å². The Morgan fingerprint density at radius 2 is 1.59 bits per heavy atom. The molecule has 3 fully saturated rings. The highest BCUT2D eigenvalue weighted by atomic mass is 16.6. The van der Waals surface area contributed by atoms with Gasteiger partial charge in [-0.3, -0.25) is 0 Å². The minimum Gasteiger partial charge on any atom is -0.445 e. The standard InChI is InChI=1S/C28H37N5O4/c1-28(2,3)37-27(35)32-17-22-9-10-23(18-32)33(22)25-29-14-11-24(30-25)21-12-15-31(16-13-21)26(34)36-19-20-7-5-4-6-8-20/h4-8,11,14,21-23H,9-10,12-13,15-19H2,1-3H3/t22-,23+. The molecule has 5 rings (SSSR count). The van der Waals surface area contributed by atoms with Crippen LogP contribution in [0.5, 0.6) is 0 Å². The lowest BCUT2D eigenvalue weighted by molar-refractivity contribution is 0.0208. The van der Waals surface area contributed by atoms with Crippen molar-refractivity contribution >= 4 is 18.1 Å². The molecule has 9 nitrogen and oxygen atoms in total. The molecule has 3 saturated heterocycles. The van der Waals surface area contributed by atoms with E-state index >= 15 is 0 Å². The van der Waals surface area contributed by atoms with Gasteiger partial charge in [0.05, 0.1) is 12.1 Å². The molecule has 0 spiro atoms. The lowest BCUT2D eigenvalue weighted by Gasteiger charge is -2.41. The van der Waals surface area contributed by atoms with E-state index in [0.29, 0.717) is 32.8 Å². The van der Waals surface area contributed by atoms with Crippen molar-refractivity contribution in [2.75, 3.05) is 31.1 Å². The predicted octanol–water partition coefficient (Wildman–Crippen LogP) is 4.58. The Hall–Kier alpha value is -3.36. The second kappa shape index (κ2) is 10.6. The predicted molar refractivity (Wildman–Crippen MR) is 139 cm³/mol. The fourth-order valence-electron chi connectivity index (χ4n) is 5.59. The van der Waals surface area contributed by atoms with Gasteiger partial charge < -0.3 is 24.2 Å². The van der Waals surface area contributed by atoms with E-state index in [1.54, 1.807) is 4.90 Å². The number of benzene rings is 1. The fraction of sp³-hybridized carbons (Fsp3) is 0.571. The van der Waals surface area contributed by atoms with Crippen molar-refractivity contribution < 1.29 is 19.1 Å². The number of aromatic nitrogens is 2. The number of likely N-dealkylation sites (tertiary alicyclic amines) is 2. The molecule has 3 aliphatic rings. The first-order valence-corrected chi connectivity index (χ1v) is 13.3. The van der Waals surface area contributed by atoms with E-state index in [0.717, 1.165) is 42.9 Å². The van der Waals surface area contributed by atoms with Crippen molar-refractivity contribution in [3.8, 4) is 0 Å². The number of carbonyl (C=O) groups excluding carboxylic acids is 2. The average Bonchev–Trinajstić information content (AvgIpc) is 3.16. The van der Waals surface area contributed by atoms with Crippen LogP contribution in [0.4, 0.5) is 15.5 Å². The van der Waals surface area contributed by atoms with Gasteiger partial charge in [0.1, 0.15) is 12.2 Å². The first-order chi connectivity index (χ1) is 17.8. The molecule has 0 aliphatic carbocycles. The van der Waals surface area contributed by atoms with Gasteiger partial charge >= 0.3 is 12.2 Å². The van der Waals surface area contributed by atoms with Gasteiger partial charge in [-0.15, -0.1) is 0 Å². The van der Waals surface area contributed by atoms with Gasteiger partial charge in [-0.2, -0.15) is 0 Å². The fourth-order valence-corrected chi connectivity index (χ4v) is 5.59. The Morgan fingerprint density at radius 3 is 2.24 bits per heavy atom. The minimum atomic E-state index is -0.501. The van der Waals surface area contributed by atoms with Crippen molar-refractivity contribution in [1.29, 1.82) is 0 Å². The second-order valence-electron chi connectivity index (χ2n) is 11.3. The zero-order valence-electron chi connectivity index (χ0n) is 22.0. The normalized spacial score (nSPS) is 22.2. The zero-order chi connectivity index (χ0) is 26.0. The van der Waals surface area contributed by atoms with E-state index in [4.69, 9.17) is 14.5 Å². The third-order valence-electron chi connectivity index (χ3n) is 7.41. The van der Waals surface area contributed by atoms with Gasteiger partial charge in [-0.1, -0.05) is 30.3 Å². The maximum Gasteiger partial charge on any atom is 0.410 e. The Balaban J connectivity index is 1.17. The highest BCUT2D eigenvalue weighted by molar-refractivity contribution is 5.69. The van der Waals surface area contributed by atoms with E-state index in [1.165, 1.54) is 0 Å². The highest BCUT2D eigenvalue weighted by Crippen LogP contribution is 2.35. The number of anilines is 1. The van der Waals surface area contributed by atoms with Crippen LogP contribution in [0.25, 0.3) is 0 Å². The third-order valence-corrected chi connectivity index (χ3v) is 7.41.